The summed E-state index contributed by atoms with van der Waals surface area (Å²) in [7, 11) is 1.69. The molecule has 1 aromatic heterocycles. The van der Waals surface area contributed by atoms with Gasteiger partial charge in [0.1, 0.15) is 0 Å². The molecule has 1 amide bonds. The predicted octanol–water partition coefficient (Wildman–Crippen LogP) is 4.69. The summed E-state index contributed by atoms with van der Waals surface area (Å²) in [6, 6.07) is 20.4. The van der Waals surface area contributed by atoms with E-state index in [0.29, 0.717) is 12.2 Å². The van der Waals surface area contributed by atoms with Crippen molar-refractivity contribution in [1.82, 2.24) is 4.57 Å². The number of carbonyl (C=O) groups is 1. The molecule has 0 fully saturated rings. The Labute approximate surface area is 171 Å². The number of halogens is 1. The van der Waals surface area contributed by atoms with Gasteiger partial charge in [0.05, 0.1) is 12.1 Å². The third-order valence-corrected chi connectivity index (χ3v) is 5.43. The molecule has 2 N–H and O–H groups in total. The van der Waals surface area contributed by atoms with Gasteiger partial charge in [-0.1, -0.05) is 30.3 Å². The summed E-state index contributed by atoms with van der Waals surface area (Å²) in [5.74, 6) is -0.408. The van der Waals surface area contributed by atoms with Crippen LogP contribution in [0, 0.1) is 3.57 Å². The standard InChI is InChI=1S/C22H19IN2O2/c1-27-13-15-8-9-17-20(11-15)25(12-14-4-2-5-16(23)10-14)19-7-3-6-18(21(17)19)22(24)26/h2-11H,12-13H2,1H3,(H2,24,26). The Morgan fingerprint density at radius 2 is 1.85 bits per heavy atom. The van der Waals surface area contributed by atoms with Gasteiger partial charge in [-0.05, 0) is 64.0 Å². The van der Waals surface area contributed by atoms with Crippen LogP contribution in [-0.4, -0.2) is 17.6 Å². The Balaban J connectivity index is 2.02. The molecule has 0 spiro atoms. The van der Waals surface area contributed by atoms with Crippen LogP contribution in [-0.2, 0) is 17.9 Å². The molecular formula is C22H19IN2O2. The van der Waals surface area contributed by atoms with Gasteiger partial charge >= 0.3 is 0 Å². The number of aromatic nitrogens is 1. The molecule has 0 aliphatic rings. The topological polar surface area (TPSA) is 57.2 Å². The van der Waals surface area contributed by atoms with Crippen LogP contribution in [0.5, 0.6) is 0 Å². The molecule has 0 aliphatic carbocycles. The molecule has 0 bridgehead atoms. The smallest absolute Gasteiger partial charge is 0.249 e. The third kappa shape index (κ3) is 3.33. The average Bonchev–Trinajstić information content (AvgIpc) is 2.95. The second-order valence-electron chi connectivity index (χ2n) is 6.56. The number of primary amides is 1. The van der Waals surface area contributed by atoms with E-state index in [-0.39, 0.29) is 0 Å². The summed E-state index contributed by atoms with van der Waals surface area (Å²) in [5.41, 5.74) is 10.6. The largest absolute Gasteiger partial charge is 0.380 e. The summed E-state index contributed by atoms with van der Waals surface area (Å²) >= 11 is 2.33. The summed E-state index contributed by atoms with van der Waals surface area (Å²) < 4.78 is 8.75. The van der Waals surface area contributed by atoms with Gasteiger partial charge in [-0.25, -0.2) is 0 Å². The lowest BCUT2D eigenvalue weighted by Gasteiger charge is -2.09. The molecule has 0 atom stereocenters. The third-order valence-electron chi connectivity index (χ3n) is 4.76. The monoisotopic (exact) mass is 470 g/mol. The van der Waals surface area contributed by atoms with Gasteiger partial charge in [0.2, 0.25) is 5.91 Å². The highest BCUT2D eigenvalue weighted by atomic mass is 127. The van der Waals surface area contributed by atoms with Crippen LogP contribution in [0.3, 0.4) is 0 Å². The lowest BCUT2D eigenvalue weighted by atomic mass is 10.0. The first kappa shape index (κ1) is 18.0. The number of amides is 1. The van der Waals surface area contributed by atoms with Crippen LogP contribution < -0.4 is 5.73 Å². The minimum Gasteiger partial charge on any atom is -0.380 e. The fourth-order valence-electron chi connectivity index (χ4n) is 3.64. The van der Waals surface area contributed by atoms with E-state index in [0.717, 1.165) is 33.9 Å². The quantitative estimate of drug-likeness (QED) is 0.431. The molecule has 0 aliphatic heterocycles. The first-order valence-electron chi connectivity index (χ1n) is 8.65. The number of methoxy groups -OCH3 is 1. The Morgan fingerprint density at radius 3 is 2.59 bits per heavy atom. The Bertz CT molecular complexity index is 1160. The number of hydrogen-bond donors (Lipinski definition) is 1. The Morgan fingerprint density at radius 1 is 1.04 bits per heavy atom. The molecule has 4 aromatic rings. The number of hydrogen-bond acceptors (Lipinski definition) is 2. The highest BCUT2D eigenvalue weighted by molar-refractivity contribution is 14.1. The number of fused-ring (bicyclic) bond motifs is 3. The van der Waals surface area contributed by atoms with E-state index in [9.17, 15) is 4.79 Å². The Hall–Kier alpha value is -2.38. The van der Waals surface area contributed by atoms with E-state index in [1.807, 2.05) is 18.2 Å². The van der Waals surface area contributed by atoms with Crippen LogP contribution in [0.25, 0.3) is 21.8 Å². The van der Waals surface area contributed by atoms with Crippen molar-refractivity contribution in [1.29, 1.82) is 0 Å². The molecule has 0 radical (unpaired) electrons. The van der Waals surface area contributed by atoms with Crippen molar-refractivity contribution in [2.24, 2.45) is 5.73 Å². The molecule has 0 saturated carbocycles. The molecule has 1 heterocycles. The van der Waals surface area contributed by atoms with Gasteiger partial charge in [0.25, 0.3) is 0 Å². The second kappa shape index (κ2) is 7.32. The van der Waals surface area contributed by atoms with Crippen LogP contribution in [0.1, 0.15) is 21.5 Å². The number of rotatable bonds is 5. The van der Waals surface area contributed by atoms with Crippen molar-refractivity contribution in [3.05, 3.63) is 80.9 Å². The SMILES string of the molecule is COCc1ccc2c3c(C(N)=O)cccc3n(Cc3cccc(I)c3)c2c1. The van der Waals surface area contributed by atoms with Crippen molar-refractivity contribution >= 4 is 50.3 Å². The summed E-state index contributed by atoms with van der Waals surface area (Å²) in [6.07, 6.45) is 0. The normalized spacial score (nSPS) is 11.3. The number of benzene rings is 3. The zero-order chi connectivity index (χ0) is 19.0. The zero-order valence-electron chi connectivity index (χ0n) is 14.9. The molecule has 3 aromatic carbocycles. The lowest BCUT2D eigenvalue weighted by molar-refractivity contribution is 0.100. The fraction of sp³-hybridized carbons (Fsp3) is 0.136. The van der Waals surface area contributed by atoms with Crippen LogP contribution in [0.2, 0.25) is 0 Å². The molecular weight excluding hydrogens is 451 g/mol. The highest BCUT2D eigenvalue weighted by Gasteiger charge is 2.17. The van der Waals surface area contributed by atoms with E-state index in [1.165, 1.54) is 9.13 Å². The number of ether oxygens (including phenoxy) is 1. The van der Waals surface area contributed by atoms with E-state index in [1.54, 1.807) is 13.2 Å². The molecule has 4 nitrogen and oxygen atoms in total. The molecule has 0 saturated heterocycles. The van der Waals surface area contributed by atoms with E-state index in [4.69, 9.17) is 10.5 Å². The first-order valence-corrected chi connectivity index (χ1v) is 9.73. The van der Waals surface area contributed by atoms with Crippen molar-refractivity contribution < 1.29 is 9.53 Å². The molecule has 27 heavy (non-hydrogen) atoms. The van der Waals surface area contributed by atoms with Crippen LogP contribution in [0.4, 0.5) is 0 Å². The van der Waals surface area contributed by atoms with Crippen molar-refractivity contribution in [3.63, 3.8) is 0 Å². The zero-order valence-corrected chi connectivity index (χ0v) is 17.1. The van der Waals surface area contributed by atoms with Crippen LogP contribution in [0.15, 0.2) is 60.7 Å². The second-order valence-corrected chi connectivity index (χ2v) is 7.81. The van der Waals surface area contributed by atoms with E-state index < -0.39 is 5.91 Å². The summed E-state index contributed by atoms with van der Waals surface area (Å²) in [5, 5.41) is 1.94. The van der Waals surface area contributed by atoms with Gasteiger partial charge in [0, 0.05) is 39.1 Å². The predicted molar refractivity (Wildman–Crippen MR) is 117 cm³/mol. The highest BCUT2D eigenvalue weighted by Crippen LogP contribution is 2.33. The Kier molecular flexibility index (Phi) is 4.88. The van der Waals surface area contributed by atoms with Gasteiger partial charge in [-0.2, -0.15) is 0 Å². The first-order chi connectivity index (χ1) is 13.1. The van der Waals surface area contributed by atoms with Gasteiger partial charge in [-0.3, -0.25) is 4.79 Å². The van der Waals surface area contributed by atoms with E-state index in [2.05, 4.69) is 63.6 Å². The maximum atomic E-state index is 12.0. The molecule has 4 rings (SSSR count). The average molecular weight is 470 g/mol. The van der Waals surface area contributed by atoms with E-state index >= 15 is 0 Å². The summed E-state index contributed by atoms with van der Waals surface area (Å²) in [4.78, 5) is 12.0. The molecule has 136 valence electrons. The van der Waals surface area contributed by atoms with Gasteiger partial charge in [-0.15, -0.1) is 0 Å². The molecule has 0 unspecified atom stereocenters. The minimum atomic E-state index is -0.408. The number of nitrogens with two attached hydrogens (primary N) is 1. The van der Waals surface area contributed by atoms with Crippen molar-refractivity contribution in [2.75, 3.05) is 7.11 Å². The van der Waals surface area contributed by atoms with Gasteiger partial charge in [0.15, 0.2) is 0 Å². The fourth-order valence-corrected chi connectivity index (χ4v) is 4.25. The maximum Gasteiger partial charge on any atom is 0.249 e. The number of nitrogens with zero attached hydrogens (tertiary/aromatic N) is 1. The van der Waals surface area contributed by atoms with Crippen LogP contribution >= 0.6 is 22.6 Å². The molecule has 5 heteroatoms. The van der Waals surface area contributed by atoms with Crippen molar-refractivity contribution in [2.45, 2.75) is 13.2 Å². The number of carbonyl (C=O) groups excluding carboxylic acids is 1. The maximum absolute atomic E-state index is 12.0. The lowest BCUT2D eigenvalue weighted by Crippen LogP contribution is -2.11. The minimum absolute atomic E-state index is 0.408. The van der Waals surface area contributed by atoms with Gasteiger partial charge < -0.3 is 15.0 Å². The summed E-state index contributed by atoms with van der Waals surface area (Å²) in [6.45, 7) is 1.26. The van der Waals surface area contributed by atoms with Crippen molar-refractivity contribution in [3.8, 4) is 0 Å².